The second kappa shape index (κ2) is 7.75. The van der Waals surface area contributed by atoms with Crippen LogP contribution in [0.2, 0.25) is 5.22 Å². The molecule has 98 valence electrons. The number of unbranched alkanes of at least 4 members (excludes halogenated alkanes) is 1. The minimum atomic E-state index is 0.0862. The summed E-state index contributed by atoms with van der Waals surface area (Å²) >= 11 is 5.98. The van der Waals surface area contributed by atoms with Crippen LogP contribution >= 0.6 is 11.6 Å². The average Bonchev–Trinajstić information content (AvgIpc) is 2.76. The van der Waals surface area contributed by atoms with E-state index in [0.717, 1.165) is 12.0 Å². The van der Waals surface area contributed by atoms with Crippen molar-refractivity contribution >= 4 is 11.6 Å². The first-order valence-electron chi connectivity index (χ1n) is 6.41. The van der Waals surface area contributed by atoms with Gasteiger partial charge in [-0.05, 0) is 30.0 Å². The second-order valence-electron chi connectivity index (χ2n) is 4.52. The van der Waals surface area contributed by atoms with Crippen molar-refractivity contribution in [3.8, 4) is 0 Å². The Hall–Kier alpha value is -0.510. The number of halogens is 1. The summed E-state index contributed by atoms with van der Waals surface area (Å²) in [7, 11) is 0. The third-order valence-electron chi connectivity index (χ3n) is 3.33. The Morgan fingerprint density at radius 2 is 2.24 bits per heavy atom. The molecule has 1 heterocycles. The van der Waals surface area contributed by atoms with E-state index in [-0.39, 0.29) is 6.04 Å². The van der Waals surface area contributed by atoms with Gasteiger partial charge in [0.2, 0.25) is 0 Å². The zero-order valence-electron chi connectivity index (χ0n) is 10.7. The van der Waals surface area contributed by atoms with Gasteiger partial charge in [0.1, 0.15) is 0 Å². The molecule has 0 bridgehead atoms. The van der Waals surface area contributed by atoms with E-state index in [1.54, 1.807) is 6.26 Å². The SMILES string of the molecule is CCCCC(CC)CC(NN)c1ccoc1Cl. The number of hydrogen-bond donors (Lipinski definition) is 2. The summed E-state index contributed by atoms with van der Waals surface area (Å²) in [6, 6.07) is 1.97. The Balaban J connectivity index is 2.59. The molecule has 0 saturated carbocycles. The lowest BCUT2D eigenvalue weighted by molar-refractivity contribution is 0.355. The molecule has 17 heavy (non-hydrogen) atoms. The molecule has 2 unspecified atom stereocenters. The predicted molar refractivity (Wildman–Crippen MR) is 71.7 cm³/mol. The molecule has 0 aliphatic carbocycles. The van der Waals surface area contributed by atoms with E-state index in [2.05, 4.69) is 19.3 Å². The molecule has 0 fully saturated rings. The number of hydrogen-bond acceptors (Lipinski definition) is 3. The highest BCUT2D eigenvalue weighted by Crippen LogP contribution is 2.30. The summed E-state index contributed by atoms with van der Waals surface area (Å²) in [5.74, 6) is 6.30. The Morgan fingerprint density at radius 3 is 2.71 bits per heavy atom. The summed E-state index contributed by atoms with van der Waals surface area (Å²) in [6.45, 7) is 4.45. The quantitative estimate of drug-likeness (QED) is 0.546. The predicted octanol–water partition coefficient (Wildman–Crippen LogP) is 4.04. The van der Waals surface area contributed by atoms with Crippen LogP contribution in [0, 0.1) is 5.92 Å². The van der Waals surface area contributed by atoms with Crippen LogP contribution in [0.25, 0.3) is 0 Å². The molecule has 0 radical (unpaired) electrons. The van der Waals surface area contributed by atoms with Gasteiger partial charge in [-0.1, -0.05) is 39.5 Å². The van der Waals surface area contributed by atoms with Crippen LogP contribution in [-0.4, -0.2) is 0 Å². The van der Waals surface area contributed by atoms with Gasteiger partial charge in [-0.2, -0.15) is 0 Å². The van der Waals surface area contributed by atoms with Crippen molar-refractivity contribution in [1.29, 1.82) is 0 Å². The van der Waals surface area contributed by atoms with Crippen molar-refractivity contribution in [2.45, 2.75) is 52.0 Å². The van der Waals surface area contributed by atoms with Crippen molar-refractivity contribution in [2.75, 3.05) is 0 Å². The molecule has 0 saturated heterocycles. The summed E-state index contributed by atoms with van der Waals surface area (Å²) in [5, 5.41) is 0.443. The Kier molecular flexibility index (Phi) is 6.63. The third-order valence-corrected chi connectivity index (χ3v) is 3.64. The fourth-order valence-electron chi connectivity index (χ4n) is 2.15. The molecule has 0 spiro atoms. The Labute approximate surface area is 109 Å². The molecule has 1 aromatic rings. The van der Waals surface area contributed by atoms with Crippen LogP contribution in [0.5, 0.6) is 0 Å². The molecule has 4 heteroatoms. The zero-order chi connectivity index (χ0) is 12.7. The minimum Gasteiger partial charge on any atom is -0.453 e. The summed E-state index contributed by atoms with van der Waals surface area (Å²) in [4.78, 5) is 0. The maximum Gasteiger partial charge on any atom is 0.197 e. The number of nitrogens with two attached hydrogens (primary N) is 1. The first-order chi connectivity index (χ1) is 8.22. The monoisotopic (exact) mass is 258 g/mol. The topological polar surface area (TPSA) is 51.2 Å². The number of furan rings is 1. The molecular formula is C13H23ClN2O. The van der Waals surface area contributed by atoms with Gasteiger partial charge in [0.15, 0.2) is 5.22 Å². The van der Waals surface area contributed by atoms with E-state index >= 15 is 0 Å². The van der Waals surface area contributed by atoms with Crippen molar-refractivity contribution in [3.05, 3.63) is 23.1 Å². The molecule has 0 aliphatic heterocycles. The average molecular weight is 259 g/mol. The molecule has 3 N–H and O–H groups in total. The normalized spacial score (nSPS) is 14.8. The van der Waals surface area contributed by atoms with E-state index in [0.29, 0.717) is 11.1 Å². The molecule has 0 aromatic carbocycles. The van der Waals surface area contributed by atoms with Crippen LogP contribution in [0.1, 0.15) is 57.6 Å². The van der Waals surface area contributed by atoms with Crippen LogP contribution in [0.3, 0.4) is 0 Å². The third kappa shape index (κ3) is 4.34. The van der Waals surface area contributed by atoms with E-state index in [9.17, 15) is 0 Å². The van der Waals surface area contributed by atoms with E-state index in [1.807, 2.05) is 6.07 Å². The molecule has 0 aliphatic rings. The summed E-state index contributed by atoms with van der Waals surface area (Å²) in [5.41, 5.74) is 3.80. The first-order valence-corrected chi connectivity index (χ1v) is 6.79. The smallest absolute Gasteiger partial charge is 0.197 e. The van der Waals surface area contributed by atoms with Crippen molar-refractivity contribution in [3.63, 3.8) is 0 Å². The second-order valence-corrected chi connectivity index (χ2v) is 4.86. The first kappa shape index (κ1) is 14.6. The number of nitrogens with one attached hydrogen (secondary N) is 1. The molecular weight excluding hydrogens is 236 g/mol. The number of rotatable bonds is 8. The highest BCUT2D eigenvalue weighted by molar-refractivity contribution is 6.29. The van der Waals surface area contributed by atoms with Gasteiger partial charge in [-0.25, -0.2) is 0 Å². The van der Waals surface area contributed by atoms with Gasteiger partial charge in [-0.15, -0.1) is 0 Å². The Bertz CT molecular complexity index is 314. The fraction of sp³-hybridized carbons (Fsp3) is 0.692. The lowest BCUT2D eigenvalue weighted by Crippen LogP contribution is -2.29. The van der Waals surface area contributed by atoms with Gasteiger partial charge >= 0.3 is 0 Å². The molecule has 0 amide bonds. The fourth-order valence-corrected chi connectivity index (χ4v) is 2.40. The van der Waals surface area contributed by atoms with Crippen LogP contribution in [-0.2, 0) is 0 Å². The lowest BCUT2D eigenvalue weighted by atomic mass is 9.90. The van der Waals surface area contributed by atoms with Gasteiger partial charge in [0, 0.05) is 5.56 Å². The molecule has 3 nitrogen and oxygen atoms in total. The Morgan fingerprint density at radius 1 is 1.47 bits per heavy atom. The van der Waals surface area contributed by atoms with Crippen LogP contribution < -0.4 is 11.3 Å². The van der Waals surface area contributed by atoms with Crippen molar-refractivity contribution < 1.29 is 4.42 Å². The van der Waals surface area contributed by atoms with Crippen LogP contribution in [0.4, 0.5) is 0 Å². The van der Waals surface area contributed by atoms with E-state index in [4.69, 9.17) is 21.9 Å². The van der Waals surface area contributed by atoms with Crippen molar-refractivity contribution in [1.82, 2.24) is 5.43 Å². The maximum atomic E-state index is 5.98. The standard InChI is InChI=1S/C13H23ClN2O/c1-3-5-6-10(4-2)9-12(16-15)11-7-8-17-13(11)14/h7-8,10,12,16H,3-6,9,15H2,1-2H3. The van der Waals surface area contributed by atoms with Crippen molar-refractivity contribution in [2.24, 2.45) is 11.8 Å². The number of hydrazine groups is 1. The van der Waals surface area contributed by atoms with Gasteiger partial charge in [-0.3, -0.25) is 11.3 Å². The highest BCUT2D eigenvalue weighted by Gasteiger charge is 2.19. The van der Waals surface area contributed by atoms with E-state index < -0.39 is 0 Å². The molecule has 2 atom stereocenters. The van der Waals surface area contributed by atoms with Gasteiger partial charge in [0.05, 0.1) is 12.3 Å². The zero-order valence-corrected chi connectivity index (χ0v) is 11.5. The lowest BCUT2D eigenvalue weighted by Gasteiger charge is -2.21. The summed E-state index contributed by atoms with van der Waals surface area (Å²) < 4.78 is 5.11. The summed E-state index contributed by atoms with van der Waals surface area (Å²) in [6.07, 6.45) is 7.55. The maximum absolute atomic E-state index is 5.98. The highest BCUT2D eigenvalue weighted by atomic mass is 35.5. The minimum absolute atomic E-state index is 0.0862. The van der Waals surface area contributed by atoms with Gasteiger partial charge < -0.3 is 4.42 Å². The molecule has 1 rings (SSSR count). The van der Waals surface area contributed by atoms with Crippen LogP contribution in [0.15, 0.2) is 16.7 Å². The van der Waals surface area contributed by atoms with Gasteiger partial charge in [0.25, 0.3) is 0 Å². The van der Waals surface area contributed by atoms with E-state index in [1.165, 1.54) is 25.7 Å². The largest absolute Gasteiger partial charge is 0.453 e. The molecule has 1 aromatic heterocycles.